The van der Waals surface area contributed by atoms with Crippen molar-refractivity contribution in [1.29, 1.82) is 0 Å². The smallest absolute Gasteiger partial charge is 0.250 e. The van der Waals surface area contributed by atoms with E-state index >= 15 is 0 Å². The zero-order chi connectivity index (χ0) is 22.8. The first kappa shape index (κ1) is 21.3. The summed E-state index contributed by atoms with van der Waals surface area (Å²) in [6.07, 6.45) is 4.72. The van der Waals surface area contributed by atoms with Crippen LogP contribution in [0, 0.1) is 0 Å². The quantitative estimate of drug-likeness (QED) is 0.395. The summed E-state index contributed by atoms with van der Waals surface area (Å²) in [5.41, 5.74) is 5.02. The van der Waals surface area contributed by atoms with Crippen LogP contribution in [0.4, 0.5) is 5.95 Å². The van der Waals surface area contributed by atoms with Gasteiger partial charge in [-0.15, -0.1) is 16.4 Å². The summed E-state index contributed by atoms with van der Waals surface area (Å²) in [4.78, 5) is 30.2. The molecule has 1 N–H and O–H groups in total. The van der Waals surface area contributed by atoms with Crippen molar-refractivity contribution in [3.63, 3.8) is 0 Å². The fourth-order valence-electron chi connectivity index (χ4n) is 4.24. The Morgan fingerprint density at radius 1 is 1.09 bits per heavy atom. The predicted octanol–water partition coefficient (Wildman–Crippen LogP) is 4.95. The molecule has 1 amide bonds. The molecular formula is C25H24N4O3S. The van der Waals surface area contributed by atoms with Crippen LogP contribution in [0.15, 0.2) is 47.8 Å². The van der Waals surface area contributed by atoms with E-state index in [9.17, 15) is 9.59 Å². The minimum atomic E-state index is -0.279. The van der Waals surface area contributed by atoms with Crippen LogP contribution in [0.5, 0.6) is 5.75 Å². The third-order valence-electron chi connectivity index (χ3n) is 5.97. The number of para-hydroxylation sites is 1. The first-order valence-corrected chi connectivity index (χ1v) is 11.9. The maximum Gasteiger partial charge on any atom is 0.250 e. The van der Waals surface area contributed by atoms with Crippen LogP contribution in [0.3, 0.4) is 0 Å². The maximum absolute atomic E-state index is 12.6. The topological polar surface area (TPSA) is 85.6 Å². The van der Waals surface area contributed by atoms with E-state index in [2.05, 4.69) is 21.5 Å². The van der Waals surface area contributed by atoms with Gasteiger partial charge in [0.15, 0.2) is 5.78 Å². The molecule has 2 heterocycles. The Bertz CT molecular complexity index is 1340. The zero-order valence-electron chi connectivity index (χ0n) is 18.3. The Balaban J connectivity index is 1.24. The average Bonchev–Trinajstić information content (AvgIpc) is 3.42. The van der Waals surface area contributed by atoms with Crippen LogP contribution in [-0.4, -0.2) is 33.4 Å². The monoisotopic (exact) mass is 460 g/mol. The minimum Gasteiger partial charge on any atom is -0.496 e. The van der Waals surface area contributed by atoms with Crippen LogP contribution in [-0.2, 0) is 17.6 Å². The molecule has 168 valence electrons. The molecule has 0 saturated heterocycles. The number of ketones is 1. The van der Waals surface area contributed by atoms with Crippen LogP contribution < -0.4 is 10.1 Å². The van der Waals surface area contributed by atoms with Crippen molar-refractivity contribution in [2.24, 2.45) is 0 Å². The van der Waals surface area contributed by atoms with E-state index in [-0.39, 0.29) is 30.5 Å². The van der Waals surface area contributed by atoms with Crippen LogP contribution in [0.2, 0.25) is 0 Å². The number of amides is 1. The van der Waals surface area contributed by atoms with E-state index in [1.807, 2.05) is 41.8 Å². The Morgan fingerprint density at radius 3 is 2.76 bits per heavy atom. The number of anilines is 1. The number of nitrogens with one attached hydrogen (secondary N) is 1. The largest absolute Gasteiger partial charge is 0.496 e. The lowest BCUT2D eigenvalue weighted by atomic mass is 9.89. The van der Waals surface area contributed by atoms with Gasteiger partial charge in [0.1, 0.15) is 5.75 Å². The zero-order valence-corrected chi connectivity index (χ0v) is 19.2. The second kappa shape index (κ2) is 9.15. The number of nitrogens with zero attached hydrogens (tertiary/aromatic N) is 3. The maximum atomic E-state index is 12.6. The number of methoxy groups -OCH3 is 1. The summed E-state index contributed by atoms with van der Waals surface area (Å²) >= 11 is 1.43. The first-order valence-electron chi connectivity index (χ1n) is 11.0. The van der Waals surface area contributed by atoms with Gasteiger partial charge in [0.2, 0.25) is 16.8 Å². The summed E-state index contributed by atoms with van der Waals surface area (Å²) in [6, 6.07) is 13.6. The number of benzene rings is 2. The lowest BCUT2D eigenvalue weighted by Crippen LogP contribution is -2.15. The molecule has 0 bridgehead atoms. The number of fused-ring (bicyclic) bond motifs is 2. The number of carbonyl (C=O) groups excluding carboxylic acids is 2. The summed E-state index contributed by atoms with van der Waals surface area (Å²) < 4.78 is 7.14. The molecule has 5 rings (SSSR count). The molecule has 4 aromatic rings. The average molecular weight is 461 g/mol. The van der Waals surface area contributed by atoms with E-state index in [0.29, 0.717) is 10.5 Å². The molecule has 2 aromatic carbocycles. The Hall–Kier alpha value is -3.52. The van der Waals surface area contributed by atoms with Gasteiger partial charge in [0.05, 0.1) is 12.8 Å². The summed E-state index contributed by atoms with van der Waals surface area (Å²) in [5, 5.41) is 9.12. The molecule has 1 aliphatic rings. The number of aryl methyl sites for hydroxylation is 2. The fourth-order valence-corrected chi connectivity index (χ4v) is 5.06. The highest BCUT2D eigenvalue weighted by Crippen LogP contribution is 2.32. The number of rotatable bonds is 7. The van der Waals surface area contributed by atoms with Gasteiger partial charge in [-0.2, -0.15) is 4.98 Å². The number of thiazole rings is 1. The number of hydrogen-bond donors (Lipinski definition) is 1. The van der Waals surface area contributed by atoms with Crippen molar-refractivity contribution >= 4 is 33.9 Å². The minimum absolute atomic E-state index is 0.0178. The number of aromatic nitrogens is 3. The molecule has 0 aliphatic heterocycles. The van der Waals surface area contributed by atoms with Crippen molar-refractivity contribution in [3.8, 4) is 17.0 Å². The normalized spacial score (nSPS) is 13.0. The molecule has 0 unspecified atom stereocenters. The molecule has 0 fully saturated rings. The van der Waals surface area contributed by atoms with Crippen molar-refractivity contribution in [2.75, 3.05) is 12.4 Å². The lowest BCUT2D eigenvalue weighted by Gasteiger charge is -2.16. The van der Waals surface area contributed by atoms with Gasteiger partial charge < -0.3 is 4.74 Å². The molecule has 8 heteroatoms. The fraction of sp³-hybridized carbons (Fsp3) is 0.280. The van der Waals surface area contributed by atoms with Gasteiger partial charge in [0.25, 0.3) is 0 Å². The Kier molecular flexibility index (Phi) is 5.92. The van der Waals surface area contributed by atoms with E-state index in [1.54, 1.807) is 11.6 Å². The summed E-state index contributed by atoms with van der Waals surface area (Å²) in [7, 11) is 1.63. The van der Waals surface area contributed by atoms with E-state index < -0.39 is 0 Å². The van der Waals surface area contributed by atoms with Gasteiger partial charge in [0, 0.05) is 29.3 Å². The third-order valence-corrected chi connectivity index (χ3v) is 6.78. The van der Waals surface area contributed by atoms with Crippen LogP contribution in [0.25, 0.3) is 16.2 Å². The third kappa shape index (κ3) is 4.39. The van der Waals surface area contributed by atoms with Crippen LogP contribution >= 0.6 is 11.3 Å². The second-order valence-corrected chi connectivity index (χ2v) is 8.95. The van der Waals surface area contributed by atoms with Crippen molar-refractivity contribution in [1.82, 2.24) is 14.6 Å². The van der Waals surface area contributed by atoms with Crippen molar-refractivity contribution in [2.45, 2.75) is 38.5 Å². The molecule has 0 saturated carbocycles. The lowest BCUT2D eigenvalue weighted by molar-refractivity contribution is -0.116. The molecule has 0 atom stereocenters. The van der Waals surface area contributed by atoms with Gasteiger partial charge in [-0.1, -0.05) is 24.3 Å². The van der Waals surface area contributed by atoms with Crippen molar-refractivity contribution < 1.29 is 14.3 Å². The first-order chi connectivity index (χ1) is 16.1. The number of ether oxygens (including phenoxy) is 1. The highest BCUT2D eigenvalue weighted by Gasteiger charge is 2.17. The predicted molar refractivity (Wildman–Crippen MR) is 128 cm³/mol. The van der Waals surface area contributed by atoms with E-state index in [1.165, 1.54) is 35.3 Å². The SMILES string of the molecule is COc1ccccc1-c1csc2nc(NC(=O)CCC(=O)c3ccc4c(c3)CCCC4)nn12. The van der Waals surface area contributed by atoms with Crippen molar-refractivity contribution in [3.05, 3.63) is 64.5 Å². The number of Topliss-reactive ketones (excluding diaryl/α,β-unsaturated/α-hetero) is 1. The highest BCUT2D eigenvalue weighted by atomic mass is 32.1. The molecule has 0 radical (unpaired) electrons. The molecule has 0 spiro atoms. The second-order valence-electron chi connectivity index (χ2n) is 8.11. The Morgan fingerprint density at radius 2 is 1.91 bits per heavy atom. The van der Waals surface area contributed by atoms with Gasteiger partial charge in [-0.3, -0.25) is 14.9 Å². The molecule has 2 aromatic heterocycles. The molecular weight excluding hydrogens is 436 g/mol. The Labute approximate surface area is 195 Å². The summed E-state index contributed by atoms with van der Waals surface area (Å²) in [5.74, 6) is 0.664. The van der Waals surface area contributed by atoms with E-state index in [4.69, 9.17) is 4.74 Å². The van der Waals surface area contributed by atoms with Gasteiger partial charge in [-0.25, -0.2) is 4.52 Å². The number of hydrogen-bond acceptors (Lipinski definition) is 6. The molecule has 1 aliphatic carbocycles. The standard InChI is InChI=1S/C25H24N4O3S/c1-32-22-9-5-4-8-19(22)20-15-33-25-27-24(28-29(20)25)26-23(31)13-12-21(30)18-11-10-16-6-2-3-7-17(16)14-18/h4-5,8-11,14-15H,2-3,6-7,12-13H2,1H3,(H,26,28,31). The van der Waals surface area contributed by atoms with E-state index in [0.717, 1.165) is 29.8 Å². The molecule has 33 heavy (non-hydrogen) atoms. The molecule has 7 nitrogen and oxygen atoms in total. The number of carbonyl (C=O) groups is 2. The van der Waals surface area contributed by atoms with Gasteiger partial charge in [-0.05, 0) is 55.0 Å². The van der Waals surface area contributed by atoms with Crippen LogP contribution in [0.1, 0.15) is 47.2 Å². The van der Waals surface area contributed by atoms with Gasteiger partial charge >= 0.3 is 0 Å². The summed E-state index contributed by atoms with van der Waals surface area (Å²) in [6.45, 7) is 0. The highest BCUT2D eigenvalue weighted by molar-refractivity contribution is 7.15.